The maximum absolute atomic E-state index is 12.4. The number of benzene rings is 1. The summed E-state index contributed by atoms with van der Waals surface area (Å²) in [5.74, 6) is -3.20. The van der Waals surface area contributed by atoms with Gasteiger partial charge in [0.1, 0.15) is 0 Å². The van der Waals surface area contributed by atoms with Crippen LogP contribution in [0.1, 0.15) is 35.2 Å². The highest BCUT2D eigenvalue weighted by atomic mass is 19.4. The smallest absolute Gasteiger partial charge is 0.471 e. The van der Waals surface area contributed by atoms with Gasteiger partial charge < -0.3 is 15.7 Å². The van der Waals surface area contributed by atoms with Crippen molar-refractivity contribution >= 4 is 11.9 Å². The van der Waals surface area contributed by atoms with Gasteiger partial charge in [-0.05, 0) is 37.0 Å². The number of carboxylic acid groups (broad SMARTS) is 1. The van der Waals surface area contributed by atoms with Gasteiger partial charge in [-0.3, -0.25) is 4.79 Å². The number of halogens is 3. The van der Waals surface area contributed by atoms with E-state index in [1.807, 2.05) is 5.32 Å². The first-order valence-electron chi connectivity index (χ1n) is 7.13. The van der Waals surface area contributed by atoms with E-state index in [0.29, 0.717) is 13.0 Å². The standard InChI is InChI=1S/C15H17F3N2O3/c1-8-12(20-14(23)15(16,17)18)6-11(7-19-8)9-3-2-4-10(5-9)13(21)22/h2-5,8,11-12,19H,6-7H2,1H3,(H,20,23)(H,21,22). The Hall–Kier alpha value is -2.09. The zero-order chi connectivity index (χ0) is 17.2. The first kappa shape index (κ1) is 17.3. The Labute approximate surface area is 130 Å². The van der Waals surface area contributed by atoms with Crippen molar-refractivity contribution < 1.29 is 27.9 Å². The summed E-state index contributed by atoms with van der Waals surface area (Å²) in [5, 5.41) is 14.1. The van der Waals surface area contributed by atoms with Gasteiger partial charge in [-0.15, -0.1) is 0 Å². The topological polar surface area (TPSA) is 78.4 Å². The van der Waals surface area contributed by atoms with Crippen LogP contribution in [0.4, 0.5) is 13.2 Å². The van der Waals surface area contributed by atoms with Crippen molar-refractivity contribution in [2.45, 2.75) is 37.5 Å². The van der Waals surface area contributed by atoms with Crippen LogP contribution in [0, 0.1) is 0 Å². The average Bonchev–Trinajstić information content (AvgIpc) is 2.48. The number of hydrogen-bond donors (Lipinski definition) is 3. The Morgan fingerprint density at radius 3 is 2.65 bits per heavy atom. The van der Waals surface area contributed by atoms with Crippen LogP contribution in [-0.4, -0.2) is 41.8 Å². The SMILES string of the molecule is CC1NCC(c2cccc(C(=O)O)c2)CC1NC(=O)C(F)(F)F. The molecule has 1 aromatic rings. The Bertz CT molecular complexity index is 604. The molecule has 1 aromatic carbocycles. The summed E-state index contributed by atoms with van der Waals surface area (Å²) >= 11 is 0. The third-order valence-electron chi connectivity index (χ3n) is 4.01. The van der Waals surface area contributed by atoms with Crippen molar-refractivity contribution in [3.8, 4) is 0 Å². The molecule has 3 unspecified atom stereocenters. The summed E-state index contributed by atoms with van der Waals surface area (Å²) < 4.78 is 37.2. The minimum Gasteiger partial charge on any atom is -0.478 e. The van der Waals surface area contributed by atoms with Crippen molar-refractivity contribution in [3.05, 3.63) is 35.4 Å². The molecule has 1 heterocycles. The third kappa shape index (κ3) is 4.22. The molecular formula is C15H17F3N2O3. The predicted octanol–water partition coefficient (Wildman–Crippen LogP) is 1.90. The van der Waals surface area contributed by atoms with Crippen molar-refractivity contribution in [3.63, 3.8) is 0 Å². The molecule has 5 nitrogen and oxygen atoms in total. The summed E-state index contributed by atoms with van der Waals surface area (Å²) in [4.78, 5) is 22.1. The zero-order valence-electron chi connectivity index (χ0n) is 12.4. The number of carbonyl (C=O) groups excluding carboxylic acids is 1. The van der Waals surface area contributed by atoms with Crippen LogP contribution < -0.4 is 10.6 Å². The number of carbonyl (C=O) groups is 2. The van der Waals surface area contributed by atoms with E-state index in [-0.39, 0.29) is 17.5 Å². The van der Waals surface area contributed by atoms with Gasteiger partial charge in [-0.25, -0.2) is 4.79 Å². The molecule has 3 atom stereocenters. The van der Waals surface area contributed by atoms with Crippen molar-refractivity contribution in [1.29, 1.82) is 0 Å². The van der Waals surface area contributed by atoms with E-state index < -0.39 is 24.1 Å². The van der Waals surface area contributed by atoms with Crippen LogP contribution in [0.3, 0.4) is 0 Å². The average molecular weight is 330 g/mol. The van der Waals surface area contributed by atoms with Gasteiger partial charge in [0.2, 0.25) is 0 Å². The molecule has 1 aliphatic rings. The highest BCUT2D eigenvalue weighted by Gasteiger charge is 2.41. The van der Waals surface area contributed by atoms with E-state index in [1.54, 1.807) is 19.1 Å². The van der Waals surface area contributed by atoms with Crippen LogP contribution in [0.15, 0.2) is 24.3 Å². The summed E-state index contributed by atoms with van der Waals surface area (Å²) in [5.41, 5.74) is 0.840. The quantitative estimate of drug-likeness (QED) is 0.791. The number of hydrogen-bond acceptors (Lipinski definition) is 3. The maximum atomic E-state index is 12.4. The van der Waals surface area contributed by atoms with Gasteiger partial charge in [0.15, 0.2) is 0 Å². The number of aromatic carboxylic acids is 1. The second kappa shape index (κ2) is 6.57. The van der Waals surface area contributed by atoms with Gasteiger partial charge in [-0.1, -0.05) is 12.1 Å². The minimum absolute atomic E-state index is 0.122. The number of carboxylic acids is 1. The van der Waals surface area contributed by atoms with Gasteiger partial charge >= 0.3 is 18.1 Å². The highest BCUT2D eigenvalue weighted by Crippen LogP contribution is 2.27. The fraction of sp³-hybridized carbons (Fsp3) is 0.467. The molecule has 0 aliphatic carbocycles. The number of rotatable bonds is 3. The lowest BCUT2D eigenvalue weighted by atomic mass is 9.85. The third-order valence-corrected chi connectivity index (χ3v) is 4.01. The first-order valence-corrected chi connectivity index (χ1v) is 7.13. The fourth-order valence-electron chi connectivity index (χ4n) is 2.68. The van der Waals surface area contributed by atoms with Gasteiger partial charge in [-0.2, -0.15) is 13.2 Å². The van der Waals surface area contributed by atoms with E-state index >= 15 is 0 Å². The Morgan fingerprint density at radius 1 is 1.35 bits per heavy atom. The second-order valence-electron chi connectivity index (χ2n) is 5.64. The number of alkyl halides is 3. The summed E-state index contributed by atoms with van der Waals surface area (Å²) in [6, 6.07) is 5.30. The molecular weight excluding hydrogens is 313 g/mol. The normalized spacial score (nSPS) is 25.0. The molecule has 3 N–H and O–H groups in total. The number of nitrogens with one attached hydrogen (secondary N) is 2. The highest BCUT2D eigenvalue weighted by molar-refractivity contribution is 5.87. The molecule has 1 saturated heterocycles. The lowest BCUT2D eigenvalue weighted by Crippen LogP contribution is -2.56. The summed E-state index contributed by atoms with van der Waals surface area (Å²) in [7, 11) is 0. The summed E-state index contributed by atoms with van der Waals surface area (Å²) in [6.07, 6.45) is -4.62. The molecule has 2 rings (SSSR count). The fourth-order valence-corrected chi connectivity index (χ4v) is 2.68. The Kier molecular flexibility index (Phi) is 4.93. The number of piperidine rings is 1. The van der Waals surface area contributed by atoms with Crippen LogP contribution in [-0.2, 0) is 4.79 Å². The van der Waals surface area contributed by atoms with Crippen LogP contribution >= 0.6 is 0 Å². The molecule has 1 aliphatic heterocycles. The van der Waals surface area contributed by atoms with Crippen molar-refractivity contribution in [2.24, 2.45) is 0 Å². The Balaban J connectivity index is 2.12. The molecule has 0 spiro atoms. The van der Waals surface area contributed by atoms with E-state index in [4.69, 9.17) is 5.11 Å². The largest absolute Gasteiger partial charge is 0.478 e. The van der Waals surface area contributed by atoms with Gasteiger partial charge in [0.25, 0.3) is 0 Å². The molecule has 0 saturated carbocycles. The van der Waals surface area contributed by atoms with Crippen LogP contribution in [0.5, 0.6) is 0 Å². The van der Waals surface area contributed by atoms with Gasteiger partial charge in [0, 0.05) is 18.6 Å². The van der Waals surface area contributed by atoms with Crippen LogP contribution in [0.25, 0.3) is 0 Å². The number of amides is 1. The monoisotopic (exact) mass is 330 g/mol. The zero-order valence-corrected chi connectivity index (χ0v) is 12.4. The minimum atomic E-state index is -4.92. The predicted molar refractivity (Wildman–Crippen MR) is 76.2 cm³/mol. The lowest BCUT2D eigenvalue weighted by molar-refractivity contribution is -0.174. The Morgan fingerprint density at radius 2 is 2.04 bits per heavy atom. The van der Waals surface area contributed by atoms with Crippen molar-refractivity contribution in [1.82, 2.24) is 10.6 Å². The molecule has 1 fully saturated rings. The lowest BCUT2D eigenvalue weighted by Gasteiger charge is -2.36. The van der Waals surface area contributed by atoms with E-state index in [0.717, 1.165) is 5.56 Å². The van der Waals surface area contributed by atoms with E-state index in [9.17, 15) is 22.8 Å². The van der Waals surface area contributed by atoms with E-state index in [2.05, 4.69) is 5.32 Å². The first-order chi connectivity index (χ1) is 10.7. The maximum Gasteiger partial charge on any atom is 0.471 e. The molecule has 23 heavy (non-hydrogen) atoms. The molecule has 0 bridgehead atoms. The second-order valence-corrected chi connectivity index (χ2v) is 5.64. The van der Waals surface area contributed by atoms with Crippen LogP contribution in [0.2, 0.25) is 0 Å². The molecule has 0 aromatic heterocycles. The molecule has 8 heteroatoms. The van der Waals surface area contributed by atoms with Gasteiger partial charge in [0.05, 0.1) is 5.56 Å². The molecule has 0 radical (unpaired) electrons. The molecule has 126 valence electrons. The van der Waals surface area contributed by atoms with Crippen molar-refractivity contribution in [2.75, 3.05) is 6.54 Å². The summed E-state index contributed by atoms with van der Waals surface area (Å²) in [6.45, 7) is 2.20. The molecule has 1 amide bonds. The van der Waals surface area contributed by atoms with E-state index in [1.165, 1.54) is 12.1 Å².